The summed E-state index contributed by atoms with van der Waals surface area (Å²) in [6.07, 6.45) is 1.74. The van der Waals surface area contributed by atoms with E-state index in [1.54, 1.807) is 6.26 Å². The SMILES string of the molecule is CSc1nnc(C(N)C(=O)O)o1. The van der Waals surface area contributed by atoms with Crippen molar-refractivity contribution in [3.63, 3.8) is 0 Å². The highest BCUT2D eigenvalue weighted by Crippen LogP contribution is 2.15. The number of carboxylic acid groups (broad SMARTS) is 1. The van der Waals surface area contributed by atoms with Crippen LogP contribution in [0, 0.1) is 0 Å². The number of aromatic nitrogens is 2. The van der Waals surface area contributed by atoms with Crippen molar-refractivity contribution in [3.8, 4) is 0 Å². The van der Waals surface area contributed by atoms with E-state index in [0.717, 1.165) is 0 Å². The third-order valence-corrected chi connectivity index (χ3v) is 1.64. The molecule has 1 aromatic rings. The predicted octanol–water partition coefficient (Wildman–Crippen LogP) is -0.124. The lowest BCUT2D eigenvalue weighted by atomic mass is 10.3. The van der Waals surface area contributed by atoms with Gasteiger partial charge in [-0.15, -0.1) is 10.2 Å². The number of nitrogens with two attached hydrogens (primary N) is 1. The van der Waals surface area contributed by atoms with Crippen LogP contribution in [0.25, 0.3) is 0 Å². The summed E-state index contributed by atoms with van der Waals surface area (Å²) < 4.78 is 4.89. The molecule has 12 heavy (non-hydrogen) atoms. The molecule has 0 saturated carbocycles. The summed E-state index contributed by atoms with van der Waals surface area (Å²) in [6.45, 7) is 0. The molecular formula is C5H7N3O3S. The minimum atomic E-state index is -1.24. The first-order valence-corrected chi connectivity index (χ1v) is 4.23. The van der Waals surface area contributed by atoms with Crippen LogP contribution in [0.4, 0.5) is 0 Å². The number of aliphatic carboxylic acids is 1. The number of hydrogen-bond acceptors (Lipinski definition) is 6. The van der Waals surface area contributed by atoms with Gasteiger partial charge in [0.05, 0.1) is 0 Å². The number of carboxylic acids is 1. The normalized spacial score (nSPS) is 12.8. The van der Waals surface area contributed by atoms with Gasteiger partial charge < -0.3 is 15.3 Å². The highest BCUT2D eigenvalue weighted by atomic mass is 32.2. The molecule has 6 nitrogen and oxygen atoms in total. The zero-order valence-electron chi connectivity index (χ0n) is 6.22. The maximum Gasteiger partial charge on any atom is 0.330 e. The van der Waals surface area contributed by atoms with E-state index in [1.165, 1.54) is 11.8 Å². The van der Waals surface area contributed by atoms with Crippen LogP contribution in [0.3, 0.4) is 0 Å². The number of thioether (sulfide) groups is 1. The number of hydrogen-bond donors (Lipinski definition) is 2. The number of rotatable bonds is 3. The first kappa shape index (κ1) is 9.01. The second kappa shape index (κ2) is 3.55. The van der Waals surface area contributed by atoms with Crippen molar-refractivity contribution in [1.29, 1.82) is 0 Å². The van der Waals surface area contributed by atoms with E-state index >= 15 is 0 Å². The Morgan fingerprint density at radius 3 is 2.83 bits per heavy atom. The van der Waals surface area contributed by atoms with Crippen molar-refractivity contribution in [1.82, 2.24) is 10.2 Å². The van der Waals surface area contributed by atoms with Gasteiger partial charge in [0.1, 0.15) is 0 Å². The fourth-order valence-corrected chi connectivity index (χ4v) is 0.825. The Hall–Kier alpha value is -1.08. The van der Waals surface area contributed by atoms with Crippen molar-refractivity contribution < 1.29 is 14.3 Å². The molecule has 3 N–H and O–H groups in total. The third kappa shape index (κ3) is 1.74. The highest BCUT2D eigenvalue weighted by molar-refractivity contribution is 7.98. The fourth-order valence-electron chi connectivity index (χ4n) is 0.534. The lowest BCUT2D eigenvalue weighted by Crippen LogP contribution is -2.20. The first-order valence-electron chi connectivity index (χ1n) is 3.01. The molecule has 0 radical (unpaired) electrons. The van der Waals surface area contributed by atoms with Crippen molar-refractivity contribution in [2.24, 2.45) is 5.73 Å². The quantitative estimate of drug-likeness (QED) is 0.638. The molecule has 0 aromatic carbocycles. The Morgan fingerprint density at radius 1 is 1.75 bits per heavy atom. The summed E-state index contributed by atoms with van der Waals surface area (Å²) in [7, 11) is 0. The number of carbonyl (C=O) groups is 1. The Balaban J connectivity index is 2.81. The van der Waals surface area contributed by atoms with Crippen LogP contribution in [0.2, 0.25) is 0 Å². The Bertz CT molecular complexity index is 287. The van der Waals surface area contributed by atoms with E-state index in [0.29, 0.717) is 5.22 Å². The monoisotopic (exact) mass is 189 g/mol. The van der Waals surface area contributed by atoms with Gasteiger partial charge in [0.2, 0.25) is 5.89 Å². The van der Waals surface area contributed by atoms with E-state index in [2.05, 4.69) is 10.2 Å². The molecule has 1 rings (SSSR count). The van der Waals surface area contributed by atoms with Crippen molar-refractivity contribution in [3.05, 3.63) is 5.89 Å². The Labute approximate surface area is 72.1 Å². The molecule has 0 bridgehead atoms. The predicted molar refractivity (Wildman–Crippen MR) is 40.6 cm³/mol. The maximum absolute atomic E-state index is 10.3. The summed E-state index contributed by atoms with van der Waals surface area (Å²) in [5, 5.41) is 15.8. The van der Waals surface area contributed by atoms with Crippen LogP contribution >= 0.6 is 11.8 Å². The van der Waals surface area contributed by atoms with Gasteiger partial charge in [-0.2, -0.15) is 0 Å². The van der Waals surface area contributed by atoms with Crippen LogP contribution in [0.15, 0.2) is 9.64 Å². The molecular weight excluding hydrogens is 182 g/mol. The van der Waals surface area contributed by atoms with Gasteiger partial charge in [0.15, 0.2) is 6.04 Å². The van der Waals surface area contributed by atoms with Gasteiger partial charge in [-0.1, -0.05) is 11.8 Å². The molecule has 1 heterocycles. The largest absolute Gasteiger partial charge is 0.480 e. The van der Waals surface area contributed by atoms with Gasteiger partial charge in [-0.25, -0.2) is 4.79 Å². The second-order valence-electron chi connectivity index (χ2n) is 1.93. The maximum atomic E-state index is 10.3. The summed E-state index contributed by atoms with van der Waals surface area (Å²) in [5.74, 6) is -1.27. The van der Waals surface area contributed by atoms with Crippen molar-refractivity contribution in [2.75, 3.05) is 6.26 Å². The van der Waals surface area contributed by atoms with Crippen LogP contribution in [-0.4, -0.2) is 27.5 Å². The average Bonchev–Trinajstić information content (AvgIpc) is 2.50. The number of nitrogens with zero attached hydrogens (tertiary/aromatic N) is 2. The Kier molecular flexibility index (Phi) is 2.66. The van der Waals surface area contributed by atoms with Gasteiger partial charge >= 0.3 is 5.97 Å². The standard InChI is InChI=1S/C5H7N3O3S/c1-12-5-8-7-3(11-5)2(6)4(9)10/h2H,6H2,1H3,(H,9,10). The topological polar surface area (TPSA) is 102 Å². The molecule has 1 atom stereocenters. The smallest absolute Gasteiger partial charge is 0.330 e. The van der Waals surface area contributed by atoms with E-state index in [-0.39, 0.29) is 5.89 Å². The minimum absolute atomic E-state index is 0.0770. The molecule has 7 heteroatoms. The van der Waals surface area contributed by atoms with Crippen LogP contribution in [0.1, 0.15) is 11.9 Å². The molecule has 0 aliphatic heterocycles. The molecule has 0 fully saturated rings. The van der Waals surface area contributed by atoms with Gasteiger partial charge in [0, 0.05) is 0 Å². The molecule has 0 aliphatic rings. The average molecular weight is 189 g/mol. The summed E-state index contributed by atoms with van der Waals surface area (Å²) >= 11 is 1.23. The third-order valence-electron chi connectivity index (χ3n) is 1.13. The lowest BCUT2D eigenvalue weighted by molar-refractivity contribution is -0.139. The highest BCUT2D eigenvalue weighted by Gasteiger charge is 2.20. The van der Waals surface area contributed by atoms with Gasteiger partial charge in [-0.05, 0) is 6.26 Å². The molecule has 66 valence electrons. The van der Waals surface area contributed by atoms with Crippen LogP contribution in [0.5, 0.6) is 0 Å². The molecule has 1 aromatic heterocycles. The van der Waals surface area contributed by atoms with Gasteiger partial charge in [-0.3, -0.25) is 0 Å². The molecule has 0 aliphatic carbocycles. The van der Waals surface area contributed by atoms with Crippen molar-refractivity contribution >= 4 is 17.7 Å². The summed E-state index contributed by atoms with van der Waals surface area (Å²) in [6, 6.07) is -1.24. The fraction of sp³-hybridized carbons (Fsp3) is 0.400. The van der Waals surface area contributed by atoms with Crippen LogP contribution in [-0.2, 0) is 4.79 Å². The molecule has 0 saturated heterocycles. The Morgan fingerprint density at radius 2 is 2.42 bits per heavy atom. The van der Waals surface area contributed by atoms with Crippen LogP contribution < -0.4 is 5.73 Å². The molecule has 0 amide bonds. The zero-order valence-corrected chi connectivity index (χ0v) is 7.04. The van der Waals surface area contributed by atoms with E-state index < -0.39 is 12.0 Å². The van der Waals surface area contributed by atoms with Crippen molar-refractivity contribution in [2.45, 2.75) is 11.3 Å². The summed E-state index contributed by atoms with van der Waals surface area (Å²) in [5.41, 5.74) is 5.20. The molecule has 0 spiro atoms. The van der Waals surface area contributed by atoms with E-state index in [9.17, 15) is 4.79 Å². The first-order chi connectivity index (χ1) is 5.65. The van der Waals surface area contributed by atoms with Gasteiger partial charge in [0.25, 0.3) is 5.22 Å². The summed E-state index contributed by atoms with van der Waals surface area (Å²) in [4.78, 5) is 10.3. The zero-order chi connectivity index (χ0) is 9.14. The lowest BCUT2D eigenvalue weighted by Gasteiger charge is -1.97. The van der Waals surface area contributed by atoms with E-state index in [4.69, 9.17) is 15.3 Å². The minimum Gasteiger partial charge on any atom is -0.480 e. The molecule has 1 unspecified atom stereocenters. The van der Waals surface area contributed by atoms with E-state index in [1.807, 2.05) is 0 Å². The second-order valence-corrected chi connectivity index (χ2v) is 2.68.